The minimum absolute atomic E-state index is 0.154. The van der Waals surface area contributed by atoms with Crippen LogP contribution in [0.5, 0.6) is 0 Å². The predicted molar refractivity (Wildman–Crippen MR) is 199 cm³/mol. The molecule has 1 nitrogen and oxygen atoms in total. The number of rotatable bonds is 5. The Hall–Kier alpha value is -5.14. The average Bonchev–Trinajstić information content (AvgIpc) is 3.07. The molecule has 0 amide bonds. The van der Waals surface area contributed by atoms with E-state index in [-0.39, 0.29) is 5.41 Å². The zero-order valence-corrected chi connectivity index (χ0v) is 27.3. The van der Waals surface area contributed by atoms with Crippen molar-refractivity contribution in [2.75, 3.05) is 4.90 Å². The minimum atomic E-state index is 0.154. The van der Waals surface area contributed by atoms with Gasteiger partial charge in [0.1, 0.15) is 0 Å². The van der Waals surface area contributed by atoms with E-state index in [4.69, 9.17) is 0 Å². The molecule has 7 aromatic rings. The van der Waals surface area contributed by atoms with Crippen LogP contribution in [0, 0.1) is 0 Å². The Morgan fingerprint density at radius 1 is 0.435 bits per heavy atom. The molecule has 0 saturated heterocycles. The zero-order chi connectivity index (χ0) is 31.6. The normalized spacial score (nSPS) is 12.2. The van der Waals surface area contributed by atoms with Crippen molar-refractivity contribution in [1.29, 1.82) is 0 Å². The van der Waals surface area contributed by atoms with E-state index in [9.17, 15) is 0 Å². The van der Waals surface area contributed by atoms with Gasteiger partial charge in [0.15, 0.2) is 0 Å². The molecule has 224 valence electrons. The van der Waals surface area contributed by atoms with E-state index in [1.54, 1.807) is 0 Å². The van der Waals surface area contributed by atoms with Crippen molar-refractivity contribution in [3.05, 3.63) is 151 Å². The Bertz CT molecular complexity index is 2250. The van der Waals surface area contributed by atoms with Crippen LogP contribution in [0.25, 0.3) is 54.9 Å². The highest BCUT2D eigenvalue weighted by molar-refractivity contribution is 6.12. The summed E-state index contributed by atoms with van der Waals surface area (Å²) < 4.78 is 0. The SMILES string of the molecule is CC(C)c1cccc(N(c2ccccc2)c2ccc3cc4c(cc3c2)-c2cc3cc(-c5ccc(C(C)(C)C)cc5)ccc3cc2-4)c1. The van der Waals surface area contributed by atoms with Crippen molar-refractivity contribution in [2.24, 2.45) is 0 Å². The van der Waals surface area contributed by atoms with Gasteiger partial charge in [-0.2, -0.15) is 0 Å². The van der Waals surface area contributed by atoms with Gasteiger partial charge < -0.3 is 4.90 Å². The van der Waals surface area contributed by atoms with E-state index in [2.05, 4.69) is 179 Å². The maximum Gasteiger partial charge on any atom is 0.0468 e. The van der Waals surface area contributed by atoms with E-state index < -0.39 is 0 Å². The maximum atomic E-state index is 2.39. The topological polar surface area (TPSA) is 3.24 Å². The van der Waals surface area contributed by atoms with Crippen LogP contribution in [0.2, 0.25) is 0 Å². The molecule has 1 heteroatoms. The molecule has 0 spiro atoms. The van der Waals surface area contributed by atoms with Crippen molar-refractivity contribution in [1.82, 2.24) is 0 Å². The average molecular weight is 594 g/mol. The summed E-state index contributed by atoms with van der Waals surface area (Å²) >= 11 is 0. The van der Waals surface area contributed by atoms with E-state index in [0.717, 1.165) is 5.69 Å². The Morgan fingerprint density at radius 3 is 1.61 bits per heavy atom. The number of benzene rings is 7. The van der Waals surface area contributed by atoms with Gasteiger partial charge in [-0.15, -0.1) is 0 Å². The minimum Gasteiger partial charge on any atom is -0.310 e. The quantitative estimate of drug-likeness (QED) is 0.192. The molecule has 0 atom stereocenters. The van der Waals surface area contributed by atoms with E-state index in [0.29, 0.717) is 5.92 Å². The number of para-hydroxylation sites is 1. The Morgan fingerprint density at radius 2 is 0.978 bits per heavy atom. The predicted octanol–water partition coefficient (Wildman–Crippen LogP) is 13.2. The van der Waals surface area contributed by atoms with Crippen molar-refractivity contribution in [3.8, 4) is 33.4 Å². The summed E-state index contributed by atoms with van der Waals surface area (Å²) in [5.74, 6) is 0.467. The van der Waals surface area contributed by atoms with Gasteiger partial charge in [-0.05, 0) is 144 Å². The van der Waals surface area contributed by atoms with Gasteiger partial charge in [0, 0.05) is 17.1 Å². The second-order valence-electron chi connectivity index (χ2n) is 14.1. The Kier molecular flexibility index (Phi) is 6.62. The molecule has 0 saturated carbocycles. The molecular formula is C45H39N. The lowest BCUT2D eigenvalue weighted by Crippen LogP contribution is -2.10. The van der Waals surface area contributed by atoms with E-state index in [1.165, 1.54) is 77.4 Å². The summed E-state index contributed by atoms with van der Waals surface area (Å²) in [5, 5.41) is 5.11. The zero-order valence-electron chi connectivity index (χ0n) is 27.3. The lowest BCUT2D eigenvalue weighted by molar-refractivity contribution is 0.590. The molecular weight excluding hydrogens is 555 g/mol. The number of anilines is 3. The summed E-state index contributed by atoms with van der Waals surface area (Å²) in [6, 6.07) is 52.0. The number of hydrogen-bond donors (Lipinski definition) is 0. The van der Waals surface area contributed by atoms with Crippen molar-refractivity contribution < 1.29 is 0 Å². The van der Waals surface area contributed by atoms with Crippen molar-refractivity contribution in [2.45, 2.75) is 46.0 Å². The van der Waals surface area contributed by atoms with Crippen LogP contribution in [0.3, 0.4) is 0 Å². The molecule has 0 aromatic heterocycles. The highest BCUT2D eigenvalue weighted by Crippen LogP contribution is 2.51. The lowest BCUT2D eigenvalue weighted by atomic mass is 9.77. The summed E-state index contributed by atoms with van der Waals surface area (Å²) in [6.45, 7) is 11.3. The first-order valence-electron chi connectivity index (χ1n) is 16.5. The van der Waals surface area contributed by atoms with Crippen molar-refractivity contribution >= 4 is 38.6 Å². The molecule has 0 radical (unpaired) electrons. The Labute approximate surface area is 272 Å². The van der Waals surface area contributed by atoms with Gasteiger partial charge in [0.2, 0.25) is 0 Å². The van der Waals surface area contributed by atoms with Crippen LogP contribution >= 0.6 is 0 Å². The molecule has 0 heterocycles. The van der Waals surface area contributed by atoms with Crippen LogP contribution in [-0.2, 0) is 5.41 Å². The second-order valence-corrected chi connectivity index (χ2v) is 14.1. The van der Waals surface area contributed by atoms with Gasteiger partial charge in [-0.1, -0.05) is 107 Å². The first-order valence-corrected chi connectivity index (χ1v) is 16.5. The summed E-state index contributed by atoms with van der Waals surface area (Å²) in [7, 11) is 0. The van der Waals surface area contributed by atoms with E-state index >= 15 is 0 Å². The molecule has 7 aromatic carbocycles. The third-order valence-corrected chi connectivity index (χ3v) is 9.67. The van der Waals surface area contributed by atoms with Crippen LogP contribution in [0.15, 0.2) is 140 Å². The summed E-state index contributed by atoms with van der Waals surface area (Å²) in [4.78, 5) is 2.38. The van der Waals surface area contributed by atoms with Crippen LogP contribution in [0.4, 0.5) is 17.1 Å². The van der Waals surface area contributed by atoms with Crippen LogP contribution in [0.1, 0.15) is 51.7 Å². The Balaban J connectivity index is 1.18. The van der Waals surface area contributed by atoms with Gasteiger partial charge in [-0.25, -0.2) is 0 Å². The fourth-order valence-electron chi connectivity index (χ4n) is 6.94. The molecule has 0 N–H and O–H groups in total. The maximum absolute atomic E-state index is 2.39. The van der Waals surface area contributed by atoms with Crippen LogP contribution < -0.4 is 4.90 Å². The first kappa shape index (κ1) is 28.3. The third-order valence-electron chi connectivity index (χ3n) is 9.67. The van der Waals surface area contributed by atoms with Gasteiger partial charge in [-0.3, -0.25) is 0 Å². The summed E-state index contributed by atoms with van der Waals surface area (Å²) in [6.07, 6.45) is 0. The largest absolute Gasteiger partial charge is 0.310 e. The number of fused-ring (bicyclic) bond motifs is 6. The standard InChI is InChI=1S/C45H39N/c1-29(2)31-10-9-13-39(23-31)46(38-11-7-6-8-12-38)40-21-18-34-26-42-41-25-33-15-14-32(30-16-19-37(20-17-30)45(3,4)5)22-35(33)27-43(41)44(42)28-36(34)24-40/h6-29H,1-5H3. The number of nitrogens with zero attached hydrogens (tertiary/aromatic N) is 1. The van der Waals surface area contributed by atoms with Gasteiger partial charge in [0.25, 0.3) is 0 Å². The number of hydrogen-bond acceptors (Lipinski definition) is 1. The molecule has 8 rings (SSSR count). The van der Waals surface area contributed by atoms with Crippen LogP contribution in [-0.4, -0.2) is 0 Å². The third kappa shape index (κ3) is 4.88. The smallest absolute Gasteiger partial charge is 0.0468 e. The van der Waals surface area contributed by atoms with Crippen molar-refractivity contribution in [3.63, 3.8) is 0 Å². The summed E-state index contributed by atoms with van der Waals surface area (Å²) in [5.41, 5.74) is 14.3. The first-order chi connectivity index (χ1) is 22.2. The highest BCUT2D eigenvalue weighted by atomic mass is 15.1. The molecule has 0 bridgehead atoms. The monoisotopic (exact) mass is 593 g/mol. The molecule has 0 fully saturated rings. The lowest BCUT2D eigenvalue weighted by Gasteiger charge is -2.28. The highest BCUT2D eigenvalue weighted by Gasteiger charge is 2.24. The molecule has 1 aliphatic carbocycles. The molecule has 0 unspecified atom stereocenters. The van der Waals surface area contributed by atoms with Gasteiger partial charge in [0.05, 0.1) is 0 Å². The van der Waals surface area contributed by atoms with E-state index in [1.807, 2.05) is 0 Å². The fourth-order valence-corrected chi connectivity index (χ4v) is 6.94. The fraction of sp³-hybridized carbons (Fsp3) is 0.156. The molecule has 1 aliphatic rings. The second kappa shape index (κ2) is 10.7. The van der Waals surface area contributed by atoms with Gasteiger partial charge >= 0.3 is 0 Å². The molecule has 46 heavy (non-hydrogen) atoms. The molecule has 0 aliphatic heterocycles.